The molecule has 122 valence electrons. The number of nitrogen functional groups attached to an aromatic ring is 1. The summed E-state index contributed by atoms with van der Waals surface area (Å²) in [6, 6.07) is 13.9. The van der Waals surface area contributed by atoms with Gasteiger partial charge in [-0.05, 0) is 67.9 Å². The second-order valence-electron chi connectivity index (χ2n) is 5.57. The number of benzene rings is 2. The van der Waals surface area contributed by atoms with Crippen molar-refractivity contribution in [3.8, 4) is 22.6 Å². The highest BCUT2D eigenvalue weighted by Gasteiger charge is 2.12. The first-order chi connectivity index (χ1) is 11.4. The highest BCUT2D eigenvalue weighted by atomic mass is 79.9. The molecule has 0 radical (unpaired) electrons. The molecule has 5 heteroatoms. The van der Waals surface area contributed by atoms with Crippen molar-refractivity contribution in [3.05, 3.63) is 70.2 Å². The van der Waals surface area contributed by atoms with Gasteiger partial charge in [0.1, 0.15) is 5.75 Å². The first kappa shape index (κ1) is 16.5. The summed E-state index contributed by atoms with van der Waals surface area (Å²) in [6.07, 6.45) is 0. The fourth-order valence-corrected chi connectivity index (χ4v) is 2.86. The van der Waals surface area contributed by atoms with Gasteiger partial charge < -0.3 is 10.5 Å². The van der Waals surface area contributed by atoms with E-state index in [-0.39, 0.29) is 5.75 Å². The number of pyridine rings is 1. The Labute approximate surface area is 148 Å². The molecule has 0 aliphatic rings. The van der Waals surface area contributed by atoms with Gasteiger partial charge in [0.2, 0.25) is 0 Å². The van der Waals surface area contributed by atoms with Crippen LogP contribution in [0.25, 0.3) is 11.1 Å². The lowest BCUT2D eigenvalue weighted by Crippen LogP contribution is -1.95. The minimum atomic E-state index is -0.436. The third-order valence-corrected chi connectivity index (χ3v) is 4.00. The Hall–Kier alpha value is -2.40. The largest absolute Gasteiger partial charge is 0.454 e. The molecule has 2 aromatic carbocycles. The van der Waals surface area contributed by atoms with Crippen LogP contribution in [0.3, 0.4) is 0 Å². The first-order valence-electron chi connectivity index (χ1n) is 7.40. The van der Waals surface area contributed by atoms with E-state index < -0.39 is 5.82 Å². The molecular formula is C19H16BrFN2O. The maximum absolute atomic E-state index is 14.1. The van der Waals surface area contributed by atoms with Crippen LogP contribution in [0, 0.1) is 19.7 Å². The van der Waals surface area contributed by atoms with Crippen molar-refractivity contribution >= 4 is 21.6 Å². The molecule has 3 nitrogen and oxygen atoms in total. The average molecular weight is 387 g/mol. The van der Waals surface area contributed by atoms with Gasteiger partial charge in [0.05, 0.1) is 0 Å². The molecule has 3 rings (SSSR count). The summed E-state index contributed by atoms with van der Waals surface area (Å²) in [6.45, 7) is 3.86. The van der Waals surface area contributed by atoms with Crippen LogP contribution in [0.1, 0.15) is 11.4 Å². The number of halogens is 2. The molecule has 1 heterocycles. The lowest BCUT2D eigenvalue weighted by molar-refractivity contribution is 0.443. The van der Waals surface area contributed by atoms with Crippen LogP contribution in [-0.2, 0) is 0 Å². The average Bonchev–Trinajstić information content (AvgIpc) is 2.50. The zero-order valence-electron chi connectivity index (χ0n) is 13.3. The molecule has 0 unspecified atom stereocenters. The van der Waals surface area contributed by atoms with E-state index in [0.29, 0.717) is 15.9 Å². The molecule has 0 spiro atoms. The van der Waals surface area contributed by atoms with Crippen molar-refractivity contribution in [1.29, 1.82) is 0 Å². The Morgan fingerprint density at radius 1 is 0.958 bits per heavy atom. The van der Waals surface area contributed by atoms with Crippen LogP contribution in [0.5, 0.6) is 11.5 Å². The van der Waals surface area contributed by atoms with E-state index >= 15 is 0 Å². The lowest BCUT2D eigenvalue weighted by Gasteiger charge is -2.14. The predicted octanol–water partition coefficient (Wildman–Crippen LogP) is 5.64. The van der Waals surface area contributed by atoms with Crippen molar-refractivity contribution in [2.75, 3.05) is 5.73 Å². The van der Waals surface area contributed by atoms with Gasteiger partial charge in [0.25, 0.3) is 0 Å². The lowest BCUT2D eigenvalue weighted by atomic mass is 10.0. The fourth-order valence-electron chi connectivity index (χ4n) is 2.53. The highest BCUT2D eigenvalue weighted by molar-refractivity contribution is 9.10. The summed E-state index contributed by atoms with van der Waals surface area (Å²) in [5.41, 5.74) is 10.1. The number of rotatable bonds is 3. The monoisotopic (exact) mass is 386 g/mol. The summed E-state index contributed by atoms with van der Waals surface area (Å²) >= 11 is 3.24. The first-order valence-corrected chi connectivity index (χ1v) is 8.20. The number of nitrogens with two attached hydrogens (primary N) is 1. The number of nitrogens with zero attached hydrogens (tertiary/aromatic N) is 1. The zero-order chi connectivity index (χ0) is 17.3. The number of ether oxygens (including phenoxy) is 1. The van der Waals surface area contributed by atoms with Crippen molar-refractivity contribution in [3.63, 3.8) is 0 Å². The third kappa shape index (κ3) is 3.57. The number of aryl methyl sites for hydroxylation is 2. The van der Waals surface area contributed by atoms with Crippen molar-refractivity contribution in [1.82, 2.24) is 4.98 Å². The number of hydrogen-bond acceptors (Lipinski definition) is 3. The second-order valence-corrected chi connectivity index (χ2v) is 6.49. The van der Waals surface area contributed by atoms with Gasteiger partial charge in [0.15, 0.2) is 11.6 Å². The maximum Gasteiger partial charge on any atom is 0.166 e. The van der Waals surface area contributed by atoms with Crippen LogP contribution in [0.4, 0.5) is 10.1 Å². The molecule has 0 aliphatic heterocycles. The van der Waals surface area contributed by atoms with Crippen molar-refractivity contribution in [2.45, 2.75) is 13.8 Å². The standard InChI is InChI=1S/C19H16BrFN2O/c1-11-7-13(8-12(2)23-11)16-10-15(22)4-6-18(16)24-19-5-3-14(20)9-17(19)21/h3-10H,22H2,1-2H3. The molecule has 3 aromatic rings. The SMILES string of the molecule is Cc1cc(-c2cc(N)ccc2Oc2ccc(Br)cc2F)cc(C)n1. The van der Waals surface area contributed by atoms with Crippen molar-refractivity contribution < 1.29 is 9.13 Å². The summed E-state index contributed by atoms with van der Waals surface area (Å²) in [5.74, 6) is 0.261. The van der Waals surface area contributed by atoms with Gasteiger partial charge in [-0.15, -0.1) is 0 Å². The van der Waals surface area contributed by atoms with E-state index in [1.807, 2.05) is 32.0 Å². The molecule has 2 N–H and O–H groups in total. The van der Waals surface area contributed by atoms with Gasteiger partial charge >= 0.3 is 0 Å². The van der Waals surface area contributed by atoms with E-state index in [1.165, 1.54) is 6.07 Å². The molecule has 0 saturated heterocycles. The number of anilines is 1. The smallest absolute Gasteiger partial charge is 0.166 e. The van der Waals surface area contributed by atoms with E-state index in [2.05, 4.69) is 20.9 Å². The Bertz CT molecular complexity index is 892. The van der Waals surface area contributed by atoms with Gasteiger partial charge in [-0.2, -0.15) is 0 Å². The summed E-state index contributed by atoms with van der Waals surface area (Å²) in [7, 11) is 0. The Morgan fingerprint density at radius 2 is 1.62 bits per heavy atom. The molecule has 0 amide bonds. The molecule has 0 aliphatic carbocycles. The summed E-state index contributed by atoms with van der Waals surface area (Å²) in [4.78, 5) is 4.38. The van der Waals surface area contributed by atoms with Crippen LogP contribution in [0.2, 0.25) is 0 Å². The van der Waals surface area contributed by atoms with E-state index in [9.17, 15) is 4.39 Å². The molecule has 0 atom stereocenters. The molecule has 0 bridgehead atoms. The van der Waals surface area contributed by atoms with Crippen LogP contribution in [-0.4, -0.2) is 4.98 Å². The topological polar surface area (TPSA) is 48.1 Å². The maximum atomic E-state index is 14.1. The Kier molecular flexibility index (Phi) is 4.53. The number of hydrogen-bond donors (Lipinski definition) is 1. The molecule has 0 fully saturated rings. The van der Waals surface area contributed by atoms with Gasteiger partial charge in [-0.3, -0.25) is 4.98 Å². The Morgan fingerprint density at radius 3 is 2.29 bits per heavy atom. The molecule has 0 saturated carbocycles. The van der Waals surface area contributed by atoms with Crippen LogP contribution >= 0.6 is 15.9 Å². The minimum Gasteiger partial charge on any atom is -0.454 e. The van der Waals surface area contributed by atoms with Crippen LogP contribution < -0.4 is 10.5 Å². The normalized spacial score (nSPS) is 10.7. The van der Waals surface area contributed by atoms with Crippen LogP contribution in [0.15, 0.2) is 53.0 Å². The van der Waals surface area contributed by atoms with E-state index in [0.717, 1.165) is 22.5 Å². The predicted molar refractivity (Wildman–Crippen MR) is 97.7 cm³/mol. The quantitative estimate of drug-likeness (QED) is 0.592. The molecular weight excluding hydrogens is 371 g/mol. The molecule has 1 aromatic heterocycles. The second kappa shape index (κ2) is 6.61. The minimum absolute atomic E-state index is 0.159. The number of aromatic nitrogens is 1. The highest BCUT2D eigenvalue weighted by Crippen LogP contribution is 2.36. The Balaban J connectivity index is 2.08. The fraction of sp³-hybridized carbons (Fsp3) is 0.105. The third-order valence-electron chi connectivity index (χ3n) is 3.51. The van der Waals surface area contributed by atoms with Crippen molar-refractivity contribution in [2.24, 2.45) is 0 Å². The summed E-state index contributed by atoms with van der Waals surface area (Å²) in [5, 5.41) is 0. The van der Waals surface area contributed by atoms with Gasteiger partial charge in [0, 0.05) is 27.1 Å². The zero-order valence-corrected chi connectivity index (χ0v) is 14.9. The summed E-state index contributed by atoms with van der Waals surface area (Å²) < 4.78 is 20.6. The van der Waals surface area contributed by atoms with Gasteiger partial charge in [-0.1, -0.05) is 15.9 Å². The van der Waals surface area contributed by atoms with E-state index in [4.69, 9.17) is 10.5 Å². The van der Waals surface area contributed by atoms with Gasteiger partial charge in [-0.25, -0.2) is 4.39 Å². The molecule has 24 heavy (non-hydrogen) atoms. The van der Waals surface area contributed by atoms with E-state index in [1.54, 1.807) is 24.3 Å².